The first-order valence-electron chi connectivity index (χ1n) is 9.09. The molecule has 11 nitrogen and oxygen atoms in total. The Morgan fingerprint density at radius 1 is 1.07 bits per heavy atom. The van der Waals surface area contributed by atoms with Gasteiger partial charge < -0.3 is 54.3 Å². The Bertz CT molecular complexity index is 565. The third-order valence-electron chi connectivity index (χ3n) is 5.05. The fourth-order valence-corrected chi connectivity index (χ4v) is 3.52. The standard InChI is InChI=1S/C17H28O11/c1-7(2)3-10-24-5-9-14(26-10)12(21)13(22)16(25-9)28-17(6-19)15(23)11(20)8(4-18)27-17/h3,8-16,18-23H,4-6H2,1-2H3/t8-,9-,10-,11-,12-,13-,14-,15+,16-,17+/m1/s1. The van der Waals surface area contributed by atoms with Crippen LogP contribution in [0.4, 0.5) is 0 Å². The van der Waals surface area contributed by atoms with Gasteiger partial charge in [-0.3, -0.25) is 0 Å². The highest BCUT2D eigenvalue weighted by Gasteiger charge is 2.59. The molecular weight excluding hydrogens is 380 g/mol. The van der Waals surface area contributed by atoms with Crippen LogP contribution in [-0.4, -0.2) is 112 Å². The summed E-state index contributed by atoms with van der Waals surface area (Å²) in [5.41, 5.74) is 0.950. The molecule has 11 heteroatoms. The van der Waals surface area contributed by atoms with E-state index in [4.69, 9.17) is 23.7 Å². The van der Waals surface area contributed by atoms with E-state index in [0.717, 1.165) is 5.57 Å². The van der Waals surface area contributed by atoms with Crippen LogP contribution in [0.5, 0.6) is 0 Å². The van der Waals surface area contributed by atoms with Crippen LogP contribution in [0.25, 0.3) is 0 Å². The molecule has 6 N–H and O–H groups in total. The maximum atomic E-state index is 10.5. The number of allylic oxidation sites excluding steroid dienone is 1. The van der Waals surface area contributed by atoms with Crippen molar-refractivity contribution in [2.75, 3.05) is 19.8 Å². The Kier molecular flexibility index (Phi) is 6.74. The van der Waals surface area contributed by atoms with Gasteiger partial charge in [0.2, 0.25) is 5.79 Å². The van der Waals surface area contributed by atoms with Crippen molar-refractivity contribution in [1.82, 2.24) is 0 Å². The smallest absolute Gasteiger partial charge is 0.224 e. The zero-order chi connectivity index (χ0) is 20.6. The van der Waals surface area contributed by atoms with E-state index in [0.29, 0.717) is 0 Å². The monoisotopic (exact) mass is 408 g/mol. The molecule has 0 saturated carbocycles. The van der Waals surface area contributed by atoms with Crippen molar-refractivity contribution in [3.63, 3.8) is 0 Å². The summed E-state index contributed by atoms with van der Waals surface area (Å²) < 4.78 is 27.5. The molecule has 3 aliphatic rings. The largest absolute Gasteiger partial charge is 0.394 e. The second-order valence-electron chi connectivity index (χ2n) is 7.43. The third kappa shape index (κ3) is 3.98. The molecule has 28 heavy (non-hydrogen) atoms. The quantitative estimate of drug-likeness (QED) is 0.256. The predicted octanol–water partition coefficient (Wildman–Crippen LogP) is -3.04. The van der Waals surface area contributed by atoms with Gasteiger partial charge in [-0.15, -0.1) is 0 Å². The lowest BCUT2D eigenvalue weighted by molar-refractivity contribution is -0.402. The molecule has 10 atom stereocenters. The molecule has 0 spiro atoms. The number of rotatable bonds is 5. The van der Waals surface area contributed by atoms with Gasteiger partial charge in [-0.2, -0.15) is 0 Å². The van der Waals surface area contributed by atoms with Gasteiger partial charge in [0, 0.05) is 0 Å². The first kappa shape index (κ1) is 22.0. The Hall–Kier alpha value is -0.700. The van der Waals surface area contributed by atoms with Crippen molar-refractivity contribution in [2.24, 2.45) is 0 Å². The highest BCUT2D eigenvalue weighted by Crippen LogP contribution is 2.37. The highest BCUT2D eigenvalue weighted by molar-refractivity contribution is 5.01. The van der Waals surface area contributed by atoms with Gasteiger partial charge in [-0.1, -0.05) is 5.57 Å². The summed E-state index contributed by atoms with van der Waals surface area (Å²) in [6.07, 6.45) is -9.64. The summed E-state index contributed by atoms with van der Waals surface area (Å²) in [6.45, 7) is 2.24. The number of ether oxygens (including phenoxy) is 5. The summed E-state index contributed by atoms with van der Waals surface area (Å²) in [5.74, 6) is -2.15. The minimum absolute atomic E-state index is 0.0418. The van der Waals surface area contributed by atoms with E-state index >= 15 is 0 Å². The molecule has 0 radical (unpaired) electrons. The van der Waals surface area contributed by atoms with E-state index in [-0.39, 0.29) is 6.61 Å². The van der Waals surface area contributed by atoms with Crippen molar-refractivity contribution < 1.29 is 54.3 Å². The minimum Gasteiger partial charge on any atom is -0.394 e. The van der Waals surface area contributed by atoms with Crippen molar-refractivity contribution in [1.29, 1.82) is 0 Å². The summed E-state index contributed by atoms with van der Waals surface area (Å²) >= 11 is 0. The first-order chi connectivity index (χ1) is 13.2. The normalized spacial score (nSPS) is 48.9. The fraction of sp³-hybridized carbons (Fsp3) is 0.882. The van der Waals surface area contributed by atoms with Crippen molar-refractivity contribution >= 4 is 0 Å². The van der Waals surface area contributed by atoms with Gasteiger partial charge in [-0.05, 0) is 19.9 Å². The van der Waals surface area contributed by atoms with E-state index < -0.39 is 74.3 Å². The molecule has 3 rings (SSSR count). The Labute approximate surface area is 161 Å². The van der Waals surface area contributed by atoms with Crippen molar-refractivity contribution in [3.8, 4) is 0 Å². The molecule has 0 amide bonds. The molecule has 0 unspecified atom stereocenters. The van der Waals surface area contributed by atoms with Crippen LogP contribution in [-0.2, 0) is 23.7 Å². The Morgan fingerprint density at radius 3 is 2.36 bits per heavy atom. The van der Waals surface area contributed by atoms with E-state index in [1.54, 1.807) is 6.08 Å². The van der Waals surface area contributed by atoms with Gasteiger partial charge in [0.25, 0.3) is 0 Å². The van der Waals surface area contributed by atoms with E-state index in [2.05, 4.69) is 0 Å². The van der Waals surface area contributed by atoms with Crippen molar-refractivity contribution in [2.45, 2.75) is 74.9 Å². The number of aliphatic hydroxyl groups excluding tert-OH is 6. The van der Waals surface area contributed by atoms with Crippen LogP contribution >= 0.6 is 0 Å². The first-order valence-corrected chi connectivity index (χ1v) is 9.09. The average molecular weight is 408 g/mol. The van der Waals surface area contributed by atoms with Crippen LogP contribution in [0.1, 0.15) is 13.8 Å². The summed E-state index contributed by atoms with van der Waals surface area (Å²) in [4.78, 5) is 0. The molecule has 162 valence electrons. The maximum Gasteiger partial charge on any atom is 0.224 e. The van der Waals surface area contributed by atoms with E-state index in [9.17, 15) is 30.6 Å². The lowest BCUT2D eigenvalue weighted by Gasteiger charge is -2.47. The van der Waals surface area contributed by atoms with Crippen LogP contribution in [0.2, 0.25) is 0 Å². The third-order valence-corrected chi connectivity index (χ3v) is 5.05. The van der Waals surface area contributed by atoms with Crippen LogP contribution in [0, 0.1) is 0 Å². The Balaban J connectivity index is 1.72. The number of aliphatic hydroxyl groups is 6. The maximum absolute atomic E-state index is 10.5. The van der Waals surface area contributed by atoms with Gasteiger partial charge >= 0.3 is 0 Å². The zero-order valence-electron chi connectivity index (χ0n) is 15.6. The molecule has 3 aliphatic heterocycles. The number of hydrogen-bond acceptors (Lipinski definition) is 11. The lowest BCUT2D eigenvalue weighted by Crippen LogP contribution is -2.65. The molecule has 3 fully saturated rings. The van der Waals surface area contributed by atoms with Gasteiger partial charge in [-0.25, -0.2) is 0 Å². The zero-order valence-corrected chi connectivity index (χ0v) is 15.6. The number of fused-ring (bicyclic) bond motifs is 1. The second kappa shape index (κ2) is 8.58. The van der Waals surface area contributed by atoms with Crippen LogP contribution in [0.3, 0.4) is 0 Å². The summed E-state index contributed by atoms with van der Waals surface area (Å²) in [7, 11) is 0. The molecule has 0 bridgehead atoms. The SMILES string of the molecule is CC(C)=C[C@@H]1OC[C@H]2O[C@H](O[C@]3(CO)O[C@H](CO)[C@@H](O)[C@@H]3O)[C@H](O)[C@@H](O)[C@@H]2O1. The lowest BCUT2D eigenvalue weighted by atomic mass is 9.97. The average Bonchev–Trinajstić information content (AvgIpc) is 2.91. The summed E-state index contributed by atoms with van der Waals surface area (Å²) in [5, 5.41) is 60.0. The second-order valence-corrected chi connectivity index (χ2v) is 7.43. The molecule has 3 saturated heterocycles. The molecule has 0 aliphatic carbocycles. The summed E-state index contributed by atoms with van der Waals surface area (Å²) in [6, 6.07) is 0. The highest BCUT2D eigenvalue weighted by atomic mass is 16.8. The molecule has 0 aromatic rings. The van der Waals surface area contributed by atoms with Gasteiger partial charge in [0.05, 0.1) is 13.2 Å². The van der Waals surface area contributed by atoms with Gasteiger partial charge in [0.1, 0.15) is 49.3 Å². The molecular formula is C17H28O11. The fourth-order valence-electron chi connectivity index (χ4n) is 3.52. The topological polar surface area (TPSA) is 168 Å². The van der Waals surface area contributed by atoms with E-state index in [1.165, 1.54) is 0 Å². The predicted molar refractivity (Wildman–Crippen MR) is 89.6 cm³/mol. The molecule has 0 aromatic carbocycles. The Morgan fingerprint density at radius 2 is 1.79 bits per heavy atom. The van der Waals surface area contributed by atoms with E-state index in [1.807, 2.05) is 13.8 Å². The van der Waals surface area contributed by atoms with Crippen molar-refractivity contribution in [3.05, 3.63) is 11.6 Å². The van der Waals surface area contributed by atoms with Crippen LogP contribution < -0.4 is 0 Å². The molecule has 0 aromatic heterocycles. The number of hydrogen-bond donors (Lipinski definition) is 6. The van der Waals surface area contributed by atoms with Gasteiger partial charge in [0.15, 0.2) is 12.6 Å². The van der Waals surface area contributed by atoms with Crippen LogP contribution in [0.15, 0.2) is 11.6 Å². The molecule has 3 heterocycles. The minimum atomic E-state index is -2.15.